The molecule has 164 valence electrons. The molecule has 1 aliphatic carbocycles. The summed E-state index contributed by atoms with van der Waals surface area (Å²) in [5.74, 6) is -0.264. The Morgan fingerprint density at radius 3 is 2.21 bits per heavy atom. The molecule has 0 aromatic heterocycles. The highest BCUT2D eigenvalue weighted by atomic mass is 35.5. The summed E-state index contributed by atoms with van der Waals surface area (Å²) in [4.78, 5) is 15.2. The van der Waals surface area contributed by atoms with Gasteiger partial charge in [-0.25, -0.2) is 0 Å². The first kappa shape index (κ1) is 21.2. The second kappa shape index (κ2) is 8.72. The van der Waals surface area contributed by atoms with E-state index >= 15 is 0 Å². The van der Waals surface area contributed by atoms with Crippen LogP contribution in [0.2, 0.25) is 5.02 Å². The van der Waals surface area contributed by atoms with Crippen molar-refractivity contribution < 1.29 is 9.90 Å². The number of amidine groups is 1. The van der Waals surface area contributed by atoms with Crippen LogP contribution in [0.3, 0.4) is 0 Å². The third-order valence-corrected chi connectivity index (χ3v) is 6.53. The number of allylic oxidation sites excluding steroid dienone is 2. The summed E-state index contributed by atoms with van der Waals surface area (Å²) in [5.41, 5.74) is 4.17. The number of rotatable bonds is 3. The molecule has 0 saturated heterocycles. The fourth-order valence-corrected chi connectivity index (χ4v) is 4.92. The molecule has 0 fully saturated rings. The van der Waals surface area contributed by atoms with Gasteiger partial charge in [-0.3, -0.25) is 15.1 Å². The lowest BCUT2D eigenvalue weighted by Crippen LogP contribution is -2.42. The van der Waals surface area contributed by atoms with E-state index in [1.807, 2.05) is 72.8 Å². The molecule has 1 aliphatic heterocycles. The number of nitrogens with zero attached hydrogens (tertiary/aromatic N) is 1. The molecular weight excluding hydrogens is 432 g/mol. The fourth-order valence-electron chi connectivity index (χ4n) is 4.80. The van der Waals surface area contributed by atoms with Crippen molar-refractivity contribution in [2.75, 3.05) is 4.90 Å². The Balaban J connectivity index is 1.82. The molecule has 4 nitrogen and oxygen atoms in total. The Labute approximate surface area is 198 Å². The number of hydrogen-bond acceptors (Lipinski definition) is 3. The molecular formula is C28H23ClN2O2. The number of benzene rings is 3. The number of nitrogens with one attached hydrogen (secondary N) is 1. The molecule has 0 bridgehead atoms. The van der Waals surface area contributed by atoms with Crippen LogP contribution in [0.1, 0.15) is 36.3 Å². The average Bonchev–Trinajstić information content (AvgIpc) is 2.85. The summed E-state index contributed by atoms with van der Waals surface area (Å²) in [5, 5.41) is 21.4. The maximum atomic E-state index is 13.4. The van der Waals surface area contributed by atoms with Crippen molar-refractivity contribution in [1.29, 1.82) is 5.41 Å². The highest BCUT2D eigenvalue weighted by Gasteiger charge is 2.43. The van der Waals surface area contributed by atoms with E-state index in [9.17, 15) is 15.3 Å². The van der Waals surface area contributed by atoms with Gasteiger partial charge in [-0.15, -0.1) is 0 Å². The standard InChI is InChI=1S/C28H23ClN2O2/c29-20-14-16-21(17-15-20)31-22-12-7-13-23(32)25(22)24(18-8-3-1-4-9-18)26(28(31)30)27(33)19-10-5-2-6-11-19/h1-6,8-11,14-17,24,30,33H,7,12-13H2/t24-/m1/s1. The van der Waals surface area contributed by atoms with E-state index in [1.165, 1.54) is 0 Å². The van der Waals surface area contributed by atoms with Gasteiger partial charge in [-0.1, -0.05) is 72.3 Å². The molecule has 33 heavy (non-hydrogen) atoms. The maximum Gasteiger partial charge on any atom is 0.161 e. The van der Waals surface area contributed by atoms with Gasteiger partial charge in [0, 0.05) is 45.5 Å². The van der Waals surface area contributed by atoms with Crippen LogP contribution in [0.15, 0.2) is 102 Å². The second-order valence-electron chi connectivity index (χ2n) is 8.27. The Hall–Kier alpha value is -3.63. The first-order valence-electron chi connectivity index (χ1n) is 11.0. The minimum atomic E-state index is -0.509. The van der Waals surface area contributed by atoms with Gasteiger partial charge in [0.1, 0.15) is 11.6 Å². The largest absolute Gasteiger partial charge is 0.507 e. The van der Waals surface area contributed by atoms with Crippen LogP contribution in [0.4, 0.5) is 5.69 Å². The van der Waals surface area contributed by atoms with Crippen molar-refractivity contribution in [3.05, 3.63) is 118 Å². The van der Waals surface area contributed by atoms with Crippen LogP contribution in [0.25, 0.3) is 5.76 Å². The van der Waals surface area contributed by atoms with Crippen molar-refractivity contribution in [3.8, 4) is 0 Å². The number of carbonyl (C=O) groups excluding carboxylic acids is 1. The molecule has 0 radical (unpaired) electrons. The zero-order valence-electron chi connectivity index (χ0n) is 18.0. The molecule has 1 atom stereocenters. The van der Waals surface area contributed by atoms with E-state index < -0.39 is 5.92 Å². The third-order valence-electron chi connectivity index (χ3n) is 6.27. The molecule has 3 aromatic carbocycles. The van der Waals surface area contributed by atoms with E-state index in [2.05, 4.69) is 0 Å². The van der Waals surface area contributed by atoms with Crippen LogP contribution in [0, 0.1) is 5.41 Å². The third kappa shape index (κ3) is 3.77. The van der Waals surface area contributed by atoms with Gasteiger partial charge in [0.15, 0.2) is 5.78 Å². The van der Waals surface area contributed by atoms with Crippen LogP contribution in [-0.4, -0.2) is 16.7 Å². The van der Waals surface area contributed by atoms with Crippen molar-refractivity contribution in [1.82, 2.24) is 0 Å². The molecule has 0 saturated carbocycles. The first-order chi connectivity index (χ1) is 16.1. The van der Waals surface area contributed by atoms with Crippen LogP contribution < -0.4 is 4.90 Å². The fraction of sp³-hybridized carbons (Fsp3) is 0.143. The van der Waals surface area contributed by atoms with E-state index in [1.54, 1.807) is 17.0 Å². The number of carbonyl (C=O) groups is 1. The monoisotopic (exact) mass is 454 g/mol. The van der Waals surface area contributed by atoms with Gasteiger partial charge in [-0.05, 0) is 42.7 Å². The molecule has 2 N–H and O–H groups in total. The summed E-state index contributed by atoms with van der Waals surface area (Å²) in [6.07, 6.45) is 1.89. The molecule has 5 rings (SSSR count). The Kier molecular flexibility index (Phi) is 5.61. The van der Waals surface area contributed by atoms with Gasteiger partial charge < -0.3 is 5.11 Å². The van der Waals surface area contributed by atoms with E-state index in [-0.39, 0.29) is 17.4 Å². The lowest BCUT2D eigenvalue weighted by atomic mass is 9.73. The summed E-state index contributed by atoms with van der Waals surface area (Å²) < 4.78 is 0. The number of aliphatic hydroxyl groups is 1. The second-order valence-corrected chi connectivity index (χ2v) is 8.71. The maximum absolute atomic E-state index is 13.4. The summed E-state index contributed by atoms with van der Waals surface area (Å²) in [6, 6.07) is 26.2. The predicted octanol–water partition coefficient (Wildman–Crippen LogP) is 6.90. The summed E-state index contributed by atoms with van der Waals surface area (Å²) in [6.45, 7) is 0. The first-order valence-corrected chi connectivity index (χ1v) is 11.4. The summed E-state index contributed by atoms with van der Waals surface area (Å²) in [7, 11) is 0. The quantitative estimate of drug-likeness (QED) is 0.423. The zero-order chi connectivity index (χ0) is 22.9. The summed E-state index contributed by atoms with van der Waals surface area (Å²) >= 11 is 6.12. The van der Waals surface area contributed by atoms with Gasteiger partial charge in [0.05, 0.1) is 0 Å². The molecule has 3 aromatic rings. The van der Waals surface area contributed by atoms with Gasteiger partial charge in [-0.2, -0.15) is 0 Å². The lowest BCUT2D eigenvalue weighted by Gasteiger charge is -2.41. The number of ketones is 1. The number of aliphatic hydroxyl groups excluding tert-OH is 1. The molecule has 1 heterocycles. The lowest BCUT2D eigenvalue weighted by molar-refractivity contribution is -0.116. The molecule has 2 aliphatic rings. The van der Waals surface area contributed by atoms with Gasteiger partial charge in [0.25, 0.3) is 0 Å². The Morgan fingerprint density at radius 2 is 1.55 bits per heavy atom. The van der Waals surface area contributed by atoms with Crippen LogP contribution in [0.5, 0.6) is 0 Å². The van der Waals surface area contributed by atoms with Crippen LogP contribution in [-0.2, 0) is 4.79 Å². The average molecular weight is 455 g/mol. The Bertz CT molecular complexity index is 1280. The van der Waals surface area contributed by atoms with Crippen molar-refractivity contribution in [2.24, 2.45) is 0 Å². The highest BCUT2D eigenvalue weighted by Crippen LogP contribution is 2.47. The van der Waals surface area contributed by atoms with Gasteiger partial charge in [0.2, 0.25) is 0 Å². The topological polar surface area (TPSA) is 64.4 Å². The van der Waals surface area contributed by atoms with Crippen LogP contribution >= 0.6 is 11.6 Å². The normalized spacial score (nSPS) is 20.0. The molecule has 0 amide bonds. The number of Topliss-reactive ketones (excluding diaryl/α,β-unsaturated/α-hetero) is 1. The van der Waals surface area contributed by atoms with Crippen molar-refractivity contribution >= 4 is 34.7 Å². The van der Waals surface area contributed by atoms with E-state index in [0.717, 1.165) is 23.4 Å². The number of hydrogen-bond donors (Lipinski definition) is 2. The highest BCUT2D eigenvalue weighted by molar-refractivity contribution is 6.30. The predicted molar refractivity (Wildman–Crippen MR) is 133 cm³/mol. The molecule has 5 heteroatoms. The van der Waals surface area contributed by atoms with E-state index in [4.69, 9.17) is 11.6 Å². The number of halogens is 1. The minimum absolute atomic E-state index is 0.0124. The number of anilines is 1. The SMILES string of the molecule is N=C1C(=C(O)c2ccccc2)[C@H](c2ccccc2)C2=C(CCCC2=O)N1c1ccc(Cl)cc1. The van der Waals surface area contributed by atoms with Crippen molar-refractivity contribution in [3.63, 3.8) is 0 Å². The van der Waals surface area contributed by atoms with Crippen molar-refractivity contribution in [2.45, 2.75) is 25.2 Å². The smallest absolute Gasteiger partial charge is 0.161 e. The molecule has 0 unspecified atom stereocenters. The molecule has 0 spiro atoms. The zero-order valence-corrected chi connectivity index (χ0v) is 18.7. The van der Waals surface area contributed by atoms with Gasteiger partial charge >= 0.3 is 0 Å². The Morgan fingerprint density at radius 1 is 0.909 bits per heavy atom. The van der Waals surface area contributed by atoms with E-state index in [0.29, 0.717) is 34.6 Å². The minimum Gasteiger partial charge on any atom is -0.507 e.